The van der Waals surface area contributed by atoms with Gasteiger partial charge in [-0.1, -0.05) is 55.8 Å². The number of hydrogen-bond acceptors (Lipinski definition) is 6. The number of unbranched alkanes of at least 4 members (excludes halogenated alkanes) is 2. The van der Waals surface area contributed by atoms with Crippen molar-refractivity contribution in [1.82, 2.24) is 14.9 Å². The summed E-state index contributed by atoms with van der Waals surface area (Å²) in [5.74, 6) is 0.124. The highest BCUT2D eigenvalue weighted by molar-refractivity contribution is 7.99. The first-order valence-corrected chi connectivity index (χ1v) is 13.8. The molecule has 0 bridgehead atoms. The lowest BCUT2D eigenvalue weighted by Crippen LogP contribution is -2.24. The Labute approximate surface area is 208 Å². The minimum Gasteiger partial charge on any atom is -0.350 e. The van der Waals surface area contributed by atoms with Crippen LogP contribution in [0.4, 0.5) is 0 Å². The van der Waals surface area contributed by atoms with Crippen LogP contribution in [0.1, 0.15) is 78.9 Å². The van der Waals surface area contributed by atoms with Gasteiger partial charge in [0, 0.05) is 23.9 Å². The molecule has 0 fully saturated rings. The number of rotatable bonds is 10. The first-order valence-electron chi connectivity index (χ1n) is 12.0. The van der Waals surface area contributed by atoms with E-state index in [0.29, 0.717) is 17.3 Å². The molecule has 0 radical (unpaired) electrons. The minimum absolute atomic E-state index is 0.00754. The zero-order valence-electron chi connectivity index (χ0n) is 20.0. The van der Waals surface area contributed by atoms with Crippen LogP contribution >= 0.6 is 23.1 Å². The van der Waals surface area contributed by atoms with Gasteiger partial charge >= 0.3 is 0 Å². The van der Waals surface area contributed by atoms with E-state index in [1.807, 2.05) is 19.1 Å². The Bertz CT molecular complexity index is 1260. The molecule has 1 amide bonds. The molecule has 34 heavy (non-hydrogen) atoms. The monoisotopic (exact) mass is 497 g/mol. The molecule has 1 atom stereocenters. The van der Waals surface area contributed by atoms with Crippen molar-refractivity contribution in [3.8, 4) is 0 Å². The number of nitrogens with one attached hydrogen (secondary N) is 1. The molecule has 2 heterocycles. The fraction of sp³-hybridized carbons (Fsp3) is 0.462. The third kappa shape index (κ3) is 5.28. The lowest BCUT2D eigenvalue weighted by Gasteiger charge is -2.13. The van der Waals surface area contributed by atoms with Crippen LogP contribution in [0, 0.1) is 0 Å². The van der Waals surface area contributed by atoms with Crippen molar-refractivity contribution in [3.63, 3.8) is 0 Å². The molecule has 3 aromatic rings. The highest BCUT2D eigenvalue weighted by Gasteiger charge is 2.23. The average molecular weight is 498 g/mol. The Kier molecular flexibility index (Phi) is 7.88. The van der Waals surface area contributed by atoms with Gasteiger partial charge in [-0.2, -0.15) is 0 Å². The topological polar surface area (TPSA) is 81.1 Å². The molecule has 8 heteroatoms. The maximum Gasteiger partial charge on any atom is 0.263 e. The smallest absolute Gasteiger partial charge is 0.263 e. The van der Waals surface area contributed by atoms with Crippen molar-refractivity contribution in [2.45, 2.75) is 77.0 Å². The number of benzene rings is 1. The number of carbonyl (C=O) groups excluding carboxylic acids is 2. The molecular weight excluding hydrogens is 466 g/mol. The average Bonchev–Trinajstić information content (AvgIpc) is 3.40. The molecule has 1 aromatic carbocycles. The van der Waals surface area contributed by atoms with Gasteiger partial charge < -0.3 is 5.32 Å². The predicted octanol–water partition coefficient (Wildman–Crippen LogP) is 5.31. The van der Waals surface area contributed by atoms with Crippen LogP contribution < -0.4 is 10.9 Å². The number of fused-ring (bicyclic) bond motifs is 3. The zero-order chi connectivity index (χ0) is 24.2. The van der Waals surface area contributed by atoms with Gasteiger partial charge in [-0.15, -0.1) is 11.3 Å². The van der Waals surface area contributed by atoms with E-state index >= 15 is 0 Å². The molecule has 2 aromatic heterocycles. The molecule has 4 rings (SSSR count). The number of thioether (sulfide) groups is 1. The summed E-state index contributed by atoms with van der Waals surface area (Å²) < 4.78 is 1.79. The fourth-order valence-corrected chi connectivity index (χ4v) is 6.67. The molecular formula is C26H31N3O3S2. The summed E-state index contributed by atoms with van der Waals surface area (Å²) in [4.78, 5) is 44.6. The van der Waals surface area contributed by atoms with E-state index < -0.39 is 0 Å². The fourth-order valence-electron chi connectivity index (χ4n) is 4.44. The van der Waals surface area contributed by atoms with Gasteiger partial charge in [-0.3, -0.25) is 19.0 Å². The van der Waals surface area contributed by atoms with E-state index in [9.17, 15) is 14.4 Å². The molecule has 0 aliphatic heterocycles. The van der Waals surface area contributed by atoms with E-state index in [1.165, 1.54) is 29.1 Å². The first kappa shape index (κ1) is 24.7. The van der Waals surface area contributed by atoms with Gasteiger partial charge in [0.05, 0.1) is 17.2 Å². The highest BCUT2D eigenvalue weighted by Crippen LogP contribution is 2.35. The second-order valence-electron chi connectivity index (χ2n) is 8.85. The number of hydrogen-bond donors (Lipinski definition) is 1. The summed E-state index contributed by atoms with van der Waals surface area (Å²) >= 11 is 2.99. The van der Waals surface area contributed by atoms with Crippen LogP contribution in [0.3, 0.4) is 0 Å². The summed E-state index contributed by atoms with van der Waals surface area (Å²) in [6.45, 7) is 6.18. The molecule has 0 saturated carbocycles. The SMILES string of the molecule is CCCCCn1c(SCC(=O)c2ccc(C(C)NC(C)=O)cc2)nc2sc3c(c2c1=O)CCC3. The summed E-state index contributed by atoms with van der Waals surface area (Å²) in [5.41, 5.74) is 2.80. The quantitative estimate of drug-likeness (QED) is 0.178. The van der Waals surface area contributed by atoms with Crippen molar-refractivity contribution in [2.24, 2.45) is 0 Å². The molecule has 1 aliphatic rings. The van der Waals surface area contributed by atoms with Crippen LogP contribution in [0.15, 0.2) is 34.2 Å². The number of Topliss-reactive ketones (excluding diaryl/α,β-unsaturated/α-hetero) is 1. The highest BCUT2D eigenvalue weighted by atomic mass is 32.2. The van der Waals surface area contributed by atoms with E-state index in [0.717, 1.165) is 54.3 Å². The first-order chi connectivity index (χ1) is 16.4. The minimum atomic E-state index is -0.114. The summed E-state index contributed by atoms with van der Waals surface area (Å²) in [6, 6.07) is 7.22. The lowest BCUT2D eigenvalue weighted by molar-refractivity contribution is -0.119. The molecule has 1 unspecified atom stereocenters. The van der Waals surface area contributed by atoms with E-state index in [4.69, 9.17) is 4.98 Å². The van der Waals surface area contributed by atoms with E-state index in [-0.39, 0.29) is 29.0 Å². The maximum absolute atomic E-state index is 13.5. The van der Waals surface area contributed by atoms with Crippen LogP contribution in [0.5, 0.6) is 0 Å². The Morgan fingerprint density at radius 2 is 1.97 bits per heavy atom. The van der Waals surface area contributed by atoms with Crippen molar-refractivity contribution in [3.05, 3.63) is 56.2 Å². The third-order valence-corrected chi connectivity index (χ3v) is 8.42. The normalized spacial score (nSPS) is 13.7. The number of ketones is 1. The Morgan fingerprint density at radius 1 is 1.21 bits per heavy atom. The van der Waals surface area contributed by atoms with Gasteiger partial charge in [0.1, 0.15) is 4.83 Å². The predicted molar refractivity (Wildman–Crippen MR) is 139 cm³/mol. The van der Waals surface area contributed by atoms with Crippen molar-refractivity contribution in [2.75, 3.05) is 5.75 Å². The molecule has 180 valence electrons. The van der Waals surface area contributed by atoms with Crippen molar-refractivity contribution in [1.29, 1.82) is 0 Å². The van der Waals surface area contributed by atoms with E-state index in [2.05, 4.69) is 12.2 Å². The van der Waals surface area contributed by atoms with Gasteiger partial charge in [-0.05, 0) is 43.7 Å². The molecule has 0 spiro atoms. The van der Waals surface area contributed by atoms with Gasteiger partial charge in [0.15, 0.2) is 10.9 Å². The van der Waals surface area contributed by atoms with Gasteiger partial charge in [0.25, 0.3) is 5.56 Å². The number of aromatic nitrogens is 2. The number of amides is 1. The second kappa shape index (κ2) is 10.9. The van der Waals surface area contributed by atoms with Gasteiger partial charge in [0.2, 0.25) is 5.91 Å². The van der Waals surface area contributed by atoms with Crippen LogP contribution in [-0.4, -0.2) is 27.0 Å². The maximum atomic E-state index is 13.5. The van der Waals surface area contributed by atoms with Crippen LogP contribution in [0.2, 0.25) is 0 Å². The number of thiophene rings is 1. The van der Waals surface area contributed by atoms with Crippen molar-refractivity contribution < 1.29 is 9.59 Å². The number of nitrogens with zero attached hydrogens (tertiary/aromatic N) is 2. The standard InChI is InChI=1S/C26H31N3O3S2/c1-4-5-6-14-29-25(32)23-20-8-7-9-22(20)34-24(23)28-26(29)33-15-21(31)19-12-10-18(11-13-19)16(2)27-17(3)30/h10-13,16H,4-9,14-15H2,1-3H3,(H,27,30). The zero-order valence-corrected chi connectivity index (χ0v) is 21.6. The van der Waals surface area contributed by atoms with Crippen molar-refractivity contribution >= 4 is 45.0 Å². The molecule has 1 aliphatic carbocycles. The second-order valence-corrected chi connectivity index (χ2v) is 10.9. The largest absolute Gasteiger partial charge is 0.350 e. The Balaban J connectivity index is 1.54. The number of carbonyl (C=O) groups is 2. The Hall–Kier alpha value is -2.45. The summed E-state index contributed by atoms with van der Waals surface area (Å²) in [5, 5.41) is 4.28. The molecule has 6 nitrogen and oxygen atoms in total. The Morgan fingerprint density at radius 3 is 2.68 bits per heavy atom. The molecule has 0 saturated heterocycles. The third-order valence-electron chi connectivity index (χ3n) is 6.26. The van der Waals surface area contributed by atoms with Crippen LogP contribution in [-0.2, 0) is 24.2 Å². The lowest BCUT2D eigenvalue weighted by atomic mass is 10.0. The summed E-state index contributed by atoms with van der Waals surface area (Å²) in [6.07, 6.45) is 6.16. The number of aryl methyl sites for hydroxylation is 2. The summed E-state index contributed by atoms with van der Waals surface area (Å²) in [7, 11) is 0. The van der Waals surface area contributed by atoms with Gasteiger partial charge in [-0.25, -0.2) is 4.98 Å². The van der Waals surface area contributed by atoms with E-state index in [1.54, 1.807) is 28.0 Å². The van der Waals surface area contributed by atoms with Crippen LogP contribution in [0.25, 0.3) is 10.2 Å². The molecule has 1 N–H and O–H groups in total.